The van der Waals surface area contributed by atoms with E-state index in [9.17, 15) is 18.8 Å². The summed E-state index contributed by atoms with van der Waals surface area (Å²) >= 11 is 0. The molecule has 8 heteroatoms. The molecule has 2 fully saturated rings. The van der Waals surface area contributed by atoms with Gasteiger partial charge in [0, 0.05) is 44.7 Å². The Bertz CT molecular complexity index is 680. The Labute approximate surface area is 151 Å². The molecule has 1 atom stereocenters. The Hall–Kier alpha value is -2.48. The SMILES string of the molecule is O=C(CN1CCCN(C(=O)C2CCC(=O)O2)CC1)Nc1ccc(F)cc1. The third kappa shape index (κ3) is 4.78. The van der Waals surface area contributed by atoms with E-state index in [4.69, 9.17) is 4.74 Å². The number of carbonyl (C=O) groups is 3. The first kappa shape index (κ1) is 18.3. The number of rotatable bonds is 4. The van der Waals surface area contributed by atoms with Crippen molar-refractivity contribution in [3.63, 3.8) is 0 Å². The molecular weight excluding hydrogens is 341 g/mol. The van der Waals surface area contributed by atoms with Gasteiger partial charge in [0.05, 0.1) is 6.54 Å². The number of ether oxygens (including phenoxy) is 1. The van der Waals surface area contributed by atoms with Crippen LogP contribution in [0, 0.1) is 5.82 Å². The second-order valence-electron chi connectivity index (χ2n) is 6.53. The lowest BCUT2D eigenvalue weighted by Crippen LogP contribution is -2.42. The van der Waals surface area contributed by atoms with Gasteiger partial charge in [-0.2, -0.15) is 0 Å². The molecule has 0 saturated carbocycles. The van der Waals surface area contributed by atoms with Crippen molar-refractivity contribution in [1.29, 1.82) is 0 Å². The van der Waals surface area contributed by atoms with Crippen LogP contribution in [-0.2, 0) is 19.1 Å². The molecule has 0 radical (unpaired) electrons. The molecule has 2 amide bonds. The highest BCUT2D eigenvalue weighted by Gasteiger charge is 2.33. The molecule has 0 aliphatic carbocycles. The lowest BCUT2D eigenvalue weighted by Gasteiger charge is -2.23. The van der Waals surface area contributed by atoms with Gasteiger partial charge in [-0.3, -0.25) is 19.3 Å². The van der Waals surface area contributed by atoms with E-state index in [1.54, 1.807) is 4.90 Å². The topological polar surface area (TPSA) is 79.0 Å². The zero-order chi connectivity index (χ0) is 18.5. The molecule has 0 aromatic heterocycles. The van der Waals surface area contributed by atoms with Crippen LogP contribution in [0.5, 0.6) is 0 Å². The summed E-state index contributed by atoms with van der Waals surface area (Å²) in [5.41, 5.74) is 0.547. The number of cyclic esters (lactones) is 1. The number of nitrogens with zero attached hydrogens (tertiary/aromatic N) is 2. The molecule has 2 aliphatic rings. The fourth-order valence-corrected chi connectivity index (χ4v) is 3.19. The molecule has 1 N–H and O–H groups in total. The number of anilines is 1. The molecule has 1 aromatic rings. The summed E-state index contributed by atoms with van der Waals surface area (Å²) in [5, 5.41) is 2.74. The number of nitrogens with one attached hydrogen (secondary N) is 1. The maximum atomic E-state index is 12.9. The minimum atomic E-state index is -0.657. The summed E-state index contributed by atoms with van der Waals surface area (Å²) in [7, 11) is 0. The maximum Gasteiger partial charge on any atom is 0.306 e. The van der Waals surface area contributed by atoms with Gasteiger partial charge in [0.1, 0.15) is 5.82 Å². The number of esters is 1. The summed E-state index contributed by atoms with van der Waals surface area (Å²) in [4.78, 5) is 39.4. The molecule has 26 heavy (non-hydrogen) atoms. The number of benzene rings is 1. The van der Waals surface area contributed by atoms with E-state index in [1.807, 2.05) is 4.90 Å². The van der Waals surface area contributed by atoms with Crippen LogP contribution in [0.3, 0.4) is 0 Å². The molecule has 7 nitrogen and oxygen atoms in total. The molecule has 2 aliphatic heterocycles. The summed E-state index contributed by atoms with van der Waals surface area (Å²) in [6.45, 7) is 2.56. The Morgan fingerprint density at radius 3 is 2.62 bits per heavy atom. The first-order chi connectivity index (χ1) is 12.5. The van der Waals surface area contributed by atoms with Gasteiger partial charge in [-0.05, 0) is 30.7 Å². The van der Waals surface area contributed by atoms with Crippen molar-refractivity contribution >= 4 is 23.5 Å². The van der Waals surface area contributed by atoms with Gasteiger partial charge in [-0.1, -0.05) is 0 Å². The van der Waals surface area contributed by atoms with E-state index in [0.717, 1.165) is 6.42 Å². The van der Waals surface area contributed by atoms with Gasteiger partial charge in [0.25, 0.3) is 5.91 Å². The van der Waals surface area contributed by atoms with E-state index in [0.29, 0.717) is 44.7 Å². The molecule has 0 spiro atoms. The van der Waals surface area contributed by atoms with Gasteiger partial charge in [0.2, 0.25) is 5.91 Å². The number of hydrogen-bond donors (Lipinski definition) is 1. The van der Waals surface area contributed by atoms with Crippen LogP contribution in [0.1, 0.15) is 19.3 Å². The van der Waals surface area contributed by atoms with Crippen LogP contribution in [-0.4, -0.2) is 66.4 Å². The second kappa shape index (κ2) is 8.27. The highest BCUT2D eigenvalue weighted by atomic mass is 19.1. The Kier molecular flexibility index (Phi) is 5.82. The standard InChI is InChI=1S/C18H22FN3O4/c19-13-2-4-14(5-3-13)20-16(23)12-21-8-1-9-22(11-10-21)18(25)15-6-7-17(24)26-15/h2-5,15H,1,6-12H2,(H,20,23). The Morgan fingerprint density at radius 2 is 1.92 bits per heavy atom. The first-order valence-electron chi connectivity index (χ1n) is 8.77. The molecular formula is C18H22FN3O4. The predicted octanol–water partition coefficient (Wildman–Crippen LogP) is 1.00. The van der Waals surface area contributed by atoms with E-state index < -0.39 is 6.10 Å². The molecule has 0 bridgehead atoms. The number of halogens is 1. The van der Waals surface area contributed by atoms with Gasteiger partial charge in [-0.25, -0.2) is 4.39 Å². The minimum Gasteiger partial charge on any atom is -0.452 e. The van der Waals surface area contributed by atoms with Crippen LogP contribution >= 0.6 is 0 Å². The third-order valence-corrected chi connectivity index (χ3v) is 4.56. The van der Waals surface area contributed by atoms with Crippen molar-refractivity contribution in [2.45, 2.75) is 25.4 Å². The van der Waals surface area contributed by atoms with E-state index in [-0.39, 0.29) is 30.1 Å². The van der Waals surface area contributed by atoms with E-state index in [1.165, 1.54) is 24.3 Å². The maximum absolute atomic E-state index is 12.9. The fraction of sp³-hybridized carbons (Fsp3) is 0.500. The van der Waals surface area contributed by atoms with Crippen molar-refractivity contribution < 1.29 is 23.5 Å². The summed E-state index contributed by atoms with van der Waals surface area (Å²) in [6.07, 6.45) is 0.824. The zero-order valence-corrected chi connectivity index (χ0v) is 14.4. The monoisotopic (exact) mass is 363 g/mol. The first-order valence-corrected chi connectivity index (χ1v) is 8.77. The van der Waals surface area contributed by atoms with E-state index >= 15 is 0 Å². The highest BCUT2D eigenvalue weighted by molar-refractivity contribution is 5.92. The molecule has 2 heterocycles. The molecule has 1 aromatic carbocycles. The van der Waals surface area contributed by atoms with Crippen LogP contribution in [0.15, 0.2) is 24.3 Å². The highest BCUT2D eigenvalue weighted by Crippen LogP contribution is 2.17. The molecule has 140 valence electrons. The largest absolute Gasteiger partial charge is 0.452 e. The van der Waals surface area contributed by atoms with Crippen LogP contribution in [0.25, 0.3) is 0 Å². The van der Waals surface area contributed by atoms with Crippen LogP contribution < -0.4 is 5.32 Å². The molecule has 3 rings (SSSR count). The van der Waals surface area contributed by atoms with Gasteiger partial charge < -0.3 is 15.0 Å². The molecule has 2 saturated heterocycles. The van der Waals surface area contributed by atoms with Crippen molar-refractivity contribution in [1.82, 2.24) is 9.80 Å². The summed E-state index contributed by atoms with van der Waals surface area (Å²) in [6, 6.07) is 5.61. The average molecular weight is 363 g/mol. The van der Waals surface area contributed by atoms with Gasteiger partial charge in [0.15, 0.2) is 6.10 Å². The third-order valence-electron chi connectivity index (χ3n) is 4.56. The number of hydrogen-bond acceptors (Lipinski definition) is 5. The zero-order valence-electron chi connectivity index (χ0n) is 14.4. The normalized spacial score (nSPS) is 21.2. The fourth-order valence-electron chi connectivity index (χ4n) is 3.19. The van der Waals surface area contributed by atoms with Crippen molar-refractivity contribution in [3.05, 3.63) is 30.1 Å². The number of amides is 2. The lowest BCUT2D eigenvalue weighted by molar-refractivity contribution is -0.152. The van der Waals surface area contributed by atoms with Crippen molar-refractivity contribution in [2.75, 3.05) is 38.0 Å². The molecule has 1 unspecified atom stereocenters. The quantitative estimate of drug-likeness (QED) is 0.808. The lowest BCUT2D eigenvalue weighted by atomic mass is 10.2. The van der Waals surface area contributed by atoms with E-state index in [2.05, 4.69) is 5.32 Å². The van der Waals surface area contributed by atoms with Crippen LogP contribution in [0.2, 0.25) is 0 Å². The van der Waals surface area contributed by atoms with Crippen LogP contribution in [0.4, 0.5) is 10.1 Å². The predicted molar refractivity (Wildman–Crippen MR) is 91.8 cm³/mol. The minimum absolute atomic E-state index is 0.145. The second-order valence-corrected chi connectivity index (χ2v) is 6.53. The Morgan fingerprint density at radius 1 is 1.15 bits per heavy atom. The summed E-state index contributed by atoms with van der Waals surface area (Å²) in [5.74, 6) is -1.000. The smallest absolute Gasteiger partial charge is 0.306 e. The van der Waals surface area contributed by atoms with Gasteiger partial charge >= 0.3 is 5.97 Å². The Balaban J connectivity index is 1.47. The van der Waals surface area contributed by atoms with Gasteiger partial charge in [-0.15, -0.1) is 0 Å². The number of carbonyl (C=O) groups excluding carboxylic acids is 3. The van der Waals surface area contributed by atoms with Crippen molar-refractivity contribution in [2.24, 2.45) is 0 Å². The average Bonchev–Trinajstić information content (AvgIpc) is 2.92. The summed E-state index contributed by atoms with van der Waals surface area (Å²) < 4.78 is 17.9. The van der Waals surface area contributed by atoms with Crippen molar-refractivity contribution in [3.8, 4) is 0 Å².